The van der Waals surface area contributed by atoms with Crippen LogP contribution in [-0.2, 0) is 4.74 Å². The summed E-state index contributed by atoms with van der Waals surface area (Å²) >= 11 is 0. The summed E-state index contributed by atoms with van der Waals surface area (Å²) < 4.78 is 5.20. The van der Waals surface area contributed by atoms with Crippen molar-refractivity contribution in [2.45, 2.75) is 32.4 Å². The maximum atomic E-state index is 11.5. The van der Waals surface area contributed by atoms with Gasteiger partial charge in [0.15, 0.2) is 0 Å². The zero-order valence-corrected chi connectivity index (χ0v) is 11.6. The van der Waals surface area contributed by atoms with Crippen molar-refractivity contribution in [3.05, 3.63) is 0 Å². The van der Waals surface area contributed by atoms with Crippen LogP contribution in [0.2, 0.25) is 0 Å². The van der Waals surface area contributed by atoms with Crippen LogP contribution in [0.4, 0.5) is 4.79 Å². The summed E-state index contributed by atoms with van der Waals surface area (Å²) in [6.07, 6.45) is -0.359. The molecule has 18 heavy (non-hydrogen) atoms. The van der Waals surface area contributed by atoms with E-state index in [0.717, 1.165) is 32.7 Å². The van der Waals surface area contributed by atoms with Gasteiger partial charge in [0.1, 0.15) is 5.60 Å². The molecule has 0 aromatic rings. The molecule has 0 radical (unpaired) electrons. The van der Waals surface area contributed by atoms with Crippen LogP contribution in [-0.4, -0.2) is 57.0 Å². The van der Waals surface area contributed by atoms with Crippen LogP contribution in [0.3, 0.4) is 0 Å². The molecule has 0 aromatic heterocycles. The molecule has 6 nitrogen and oxygen atoms in total. The third kappa shape index (κ3) is 7.47. The van der Waals surface area contributed by atoms with Crippen molar-refractivity contribution in [2.75, 3.05) is 39.3 Å². The van der Waals surface area contributed by atoms with Crippen LogP contribution in [0, 0.1) is 0 Å². The Morgan fingerprint density at radius 3 is 2.61 bits per heavy atom. The summed E-state index contributed by atoms with van der Waals surface area (Å²) in [5.74, 6) is 0. The fourth-order valence-corrected chi connectivity index (χ4v) is 1.68. The monoisotopic (exact) mass is 258 g/mol. The predicted molar refractivity (Wildman–Crippen MR) is 71.8 cm³/mol. The van der Waals surface area contributed by atoms with Gasteiger partial charge in [-0.3, -0.25) is 0 Å². The number of nitrogens with one attached hydrogen (secondary N) is 4. The van der Waals surface area contributed by atoms with Crippen molar-refractivity contribution in [2.24, 2.45) is 0 Å². The third-order valence-corrected chi connectivity index (χ3v) is 2.50. The van der Waals surface area contributed by atoms with Crippen LogP contribution in [0.25, 0.3) is 0 Å². The first-order chi connectivity index (χ1) is 8.47. The Morgan fingerprint density at radius 2 is 1.89 bits per heavy atom. The summed E-state index contributed by atoms with van der Waals surface area (Å²) in [6.45, 7) is 10.8. The minimum absolute atomic E-state index is 0.234. The van der Waals surface area contributed by atoms with Gasteiger partial charge in [0.05, 0.1) is 0 Å². The Kier molecular flexibility index (Phi) is 6.38. The molecule has 1 unspecified atom stereocenters. The second-order valence-electron chi connectivity index (χ2n) is 5.49. The van der Waals surface area contributed by atoms with E-state index in [2.05, 4.69) is 21.3 Å². The first-order valence-corrected chi connectivity index (χ1v) is 6.59. The van der Waals surface area contributed by atoms with Crippen molar-refractivity contribution >= 4 is 6.09 Å². The molecule has 1 saturated heterocycles. The van der Waals surface area contributed by atoms with E-state index in [4.69, 9.17) is 4.74 Å². The summed E-state index contributed by atoms with van der Waals surface area (Å²) in [7, 11) is 0. The van der Waals surface area contributed by atoms with Crippen molar-refractivity contribution < 1.29 is 9.53 Å². The van der Waals surface area contributed by atoms with Crippen LogP contribution in [0.1, 0.15) is 20.8 Å². The number of hydrogen-bond donors (Lipinski definition) is 4. The average molecular weight is 258 g/mol. The topological polar surface area (TPSA) is 74.4 Å². The normalized spacial score (nSPS) is 22.5. The van der Waals surface area contributed by atoms with E-state index in [0.29, 0.717) is 6.54 Å². The van der Waals surface area contributed by atoms with Crippen molar-refractivity contribution in [3.63, 3.8) is 0 Å². The lowest BCUT2D eigenvalue weighted by atomic mass is 10.2. The highest BCUT2D eigenvalue weighted by Gasteiger charge is 2.17. The number of amides is 1. The first kappa shape index (κ1) is 15.2. The van der Waals surface area contributed by atoms with Gasteiger partial charge in [-0.1, -0.05) is 0 Å². The number of ether oxygens (including phenoxy) is 1. The fraction of sp³-hybridized carbons (Fsp3) is 0.917. The van der Waals surface area contributed by atoms with Gasteiger partial charge in [-0.2, -0.15) is 0 Å². The maximum absolute atomic E-state index is 11.5. The van der Waals surface area contributed by atoms with E-state index in [1.807, 2.05) is 20.8 Å². The van der Waals surface area contributed by atoms with Crippen molar-refractivity contribution in [1.82, 2.24) is 21.3 Å². The number of carbonyl (C=O) groups excluding carboxylic acids is 1. The largest absolute Gasteiger partial charge is 0.444 e. The summed E-state index contributed by atoms with van der Waals surface area (Å²) in [5.41, 5.74) is -0.446. The quantitative estimate of drug-likeness (QED) is 0.545. The zero-order valence-electron chi connectivity index (χ0n) is 11.6. The number of hydrogen-bond acceptors (Lipinski definition) is 5. The van der Waals surface area contributed by atoms with Gasteiger partial charge in [0, 0.05) is 45.3 Å². The molecule has 0 bridgehead atoms. The first-order valence-electron chi connectivity index (χ1n) is 6.59. The van der Waals surface area contributed by atoms with Gasteiger partial charge in [-0.25, -0.2) is 4.79 Å². The molecule has 1 aliphatic rings. The van der Waals surface area contributed by atoms with E-state index in [1.54, 1.807) is 0 Å². The molecule has 0 saturated carbocycles. The van der Waals surface area contributed by atoms with Gasteiger partial charge in [-0.15, -0.1) is 0 Å². The summed E-state index contributed by atoms with van der Waals surface area (Å²) in [4.78, 5) is 11.5. The highest BCUT2D eigenvalue weighted by Crippen LogP contribution is 2.06. The molecule has 4 N–H and O–H groups in total. The van der Waals surface area contributed by atoms with Crippen LogP contribution in [0.5, 0.6) is 0 Å². The minimum atomic E-state index is -0.446. The molecule has 6 heteroatoms. The third-order valence-electron chi connectivity index (χ3n) is 2.50. The van der Waals surface area contributed by atoms with Crippen molar-refractivity contribution in [3.8, 4) is 0 Å². The van der Waals surface area contributed by atoms with Gasteiger partial charge in [-0.05, 0) is 20.8 Å². The molecule has 0 aliphatic carbocycles. The molecule has 106 valence electrons. The highest BCUT2D eigenvalue weighted by molar-refractivity contribution is 5.67. The van der Waals surface area contributed by atoms with E-state index in [9.17, 15) is 4.79 Å². The lowest BCUT2D eigenvalue weighted by Crippen LogP contribution is -2.48. The molecular formula is C12H26N4O2. The number of carbonyl (C=O) groups is 1. The molecule has 1 atom stereocenters. The standard InChI is InChI=1S/C12H26N4O2/c1-12(2,3)18-11(17)16-9-10-8-14-5-4-13-6-7-15-10/h10,13-15H,4-9H2,1-3H3,(H,16,17). The summed E-state index contributed by atoms with van der Waals surface area (Å²) in [5, 5.41) is 12.8. The molecule has 1 rings (SSSR count). The van der Waals surface area contributed by atoms with Crippen LogP contribution < -0.4 is 21.3 Å². The van der Waals surface area contributed by atoms with Crippen molar-refractivity contribution in [1.29, 1.82) is 0 Å². The van der Waals surface area contributed by atoms with Gasteiger partial charge in [0.2, 0.25) is 0 Å². The Morgan fingerprint density at radius 1 is 1.22 bits per heavy atom. The maximum Gasteiger partial charge on any atom is 0.407 e. The Hall–Kier alpha value is -0.850. The Balaban J connectivity index is 2.25. The van der Waals surface area contributed by atoms with Gasteiger partial charge >= 0.3 is 6.09 Å². The smallest absolute Gasteiger partial charge is 0.407 e. The second kappa shape index (κ2) is 7.56. The Labute approximate surface area is 109 Å². The molecule has 1 aliphatic heterocycles. The van der Waals surface area contributed by atoms with Crippen LogP contribution >= 0.6 is 0 Å². The molecule has 1 amide bonds. The van der Waals surface area contributed by atoms with Crippen LogP contribution in [0.15, 0.2) is 0 Å². The molecule has 0 spiro atoms. The summed E-state index contributed by atoms with van der Waals surface area (Å²) in [6, 6.07) is 0.234. The predicted octanol–water partition coefficient (Wildman–Crippen LogP) is -0.338. The Bertz CT molecular complexity index is 243. The highest BCUT2D eigenvalue weighted by atomic mass is 16.6. The van der Waals surface area contributed by atoms with E-state index >= 15 is 0 Å². The number of alkyl carbamates (subject to hydrolysis) is 1. The molecule has 0 aromatic carbocycles. The SMILES string of the molecule is CC(C)(C)OC(=O)NCC1CNCCNCCN1. The lowest BCUT2D eigenvalue weighted by molar-refractivity contribution is 0.0522. The van der Waals surface area contributed by atoms with Gasteiger partial charge in [0.25, 0.3) is 0 Å². The van der Waals surface area contributed by atoms with E-state index < -0.39 is 5.60 Å². The second-order valence-corrected chi connectivity index (χ2v) is 5.49. The molecule has 1 fully saturated rings. The molecular weight excluding hydrogens is 232 g/mol. The lowest BCUT2D eigenvalue weighted by Gasteiger charge is -2.22. The zero-order chi connectivity index (χ0) is 13.4. The van der Waals surface area contributed by atoms with Gasteiger partial charge < -0.3 is 26.0 Å². The van der Waals surface area contributed by atoms with E-state index in [-0.39, 0.29) is 12.1 Å². The number of rotatable bonds is 2. The minimum Gasteiger partial charge on any atom is -0.444 e. The van der Waals surface area contributed by atoms with E-state index in [1.165, 1.54) is 0 Å². The molecule has 1 heterocycles. The fourth-order valence-electron chi connectivity index (χ4n) is 1.68. The average Bonchev–Trinajstić information content (AvgIpc) is 2.37.